The van der Waals surface area contributed by atoms with Crippen molar-refractivity contribution in [3.05, 3.63) is 84.2 Å². The van der Waals surface area contributed by atoms with Gasteiger partial charge in [0.1, 0.15) is 11.5 Å². The van der Waals surface area contributed by atoms with Gasteiger partial charge in [-0.2, -0.15) is 0 Å². The Hall–Kier alpha value is -3.28. The van der Waals surface area contributed by atoms with Gasteiger partial charge in [0.15, 0.2) is 6.04 Å². The average Bonchev–Trinajstić information content (AvgIpc) is 3.34. The molecule has 2 amide bonds. The summed E-state index contributed by atoms with van der Waals surface area (Å²) in [6.45, 7) is 5.80. The Kier molecular flexibility index (Phi) is 5.68. The van der Waals surface area contributed by atoms with Crippen LogP contribution < -0.4 is 5.32 Å². The standard InChI is InChI=1S/C22H24N2O4/c1-22(2,3)23-20(25)19(18-12-8-14-28-18)24(15-17-11-7-13-27-17)21(26)16-9-5-4-6-10-16/h4-14,19H,15H2,1-3H3,(H,23,25). The first-order valence-corrected chi connectivity index (χ1v) is 9.09. The summed E-state index contributed by atoms with van der Waals surface area (Å²) in [5.74, 6) is 0.350. The number of hydrogen-bond acceptors (Lipinski definition) is 4. The molecule has 0 bridgehead atoms. The fraction of sp³-hybridized carbons (Fsp3) is 0.273. The van der Waals surface area contributed by atoms with E-state index < -0.39 is 11.6 Å². The summed E-state index contributed by atoms with van der Waals surface area (Å²) in [6.07, 6.45) is 3.03. The van der Waals surface area contributed by atoms with E-state index in [0.717, 1.165) is 0 Å². The van der Waals surface area contributed by atoms with Crippen molar-refractivity contribution in [1.82, 2.24) is 10.2 Å². The van der Waals surface area contributed by atoms with E-state index in [1.807, 2.05) is 26.8 Å². The Morgan fingerprint density at radius 1 is 0.964 bits per heavy atom. The smallest absolute Gasteiger partial charge is 0.255 e. The Morgan fingerprint density at radius 3 is 2.21 bits per heavy atom. The summed E-state index contributed by atoms with van der Waals surface area (Å²) in [6, 6.07) is 14.8. The van der Waals surface area contributed by atoms with Gasteiger partial charge in [-0.3, -0.25) is 9.59 Å². The highest BCUT2D eigenvalue weighted by Gasteiger charge is 2.36. The van der Waals surface area contributed by atoms with Crippen molar-refractivity contribution in [3.63, 3.8) is 0 Å². The van der Waals surface area contributed by atoms with Gasteiger partial charge in [-0.15, -0.1) is 0 Å². The van der Waals surface area contributed by atoms with Crippen LogP contribution in [-0.2, 0) is 11.3 Å². The molecular weight excluding hydrogens is 356 g/mol. The average molecular weight is 380 g/mol. The number of carbonyl (C=O) groups excluding carboxylic acids is 2. The van der Waals surface area contributed by atoms with Crippen molar-refractivity contribution in [1.29, 1.82) is 0 Å². The number of amides is 2. The summed E-state index contributed by atoms with van der Waals surface area (Å²) in [7, 11) is 0. The van der Waals surface area contributed by atoms with Crippen molar-refractivity contribution in [2.45, 2.75) is 38.9 Å². The fourth-order valence-electron chi connectivity index (χ4n) is 2.91. The molecule has 0 aliphatic carbocycles. The van der Waals surface area contributed by atoms with Gasteiger partial charge in [0.2, 0.25) is 0 Å². The van der Waals surface area contributed by atoms with Gasteiger partial charge in [0.25, 0.3) is 11.8 Å². The lowest BCUT2D eigenvalue weighted by molar-refractivity contribution is -0.128. The molecule has 3 aromatic rings. The Bertz CT molecular complexity index is 894. The second-order valence-corrected chi connectivity index (χ2v) is 7.54. The van der Waals surface area contributed by atoms with Crippen LogP contribution in [0.2, 0.25) is 0 Å². The lowest BCUT2D eigenvalue weighted by Crippen LogP contribution is -2.49. The van der Waals surface area contributed by atoms with E-state index in [-0.39, 0.29) is 18.4 Å². The Labute approximate surface area is 164 Å². The maximum absolute atomic E-state index is 13.3. The number of furan rings is 2. The molecule has 0 spiro atoms. The van der Waals surface area contributed by atoms with E-state index in [1.165, 1.54) is 17.4 Å². The van der Waals surface area contributed by atoms with Crippen molar-refractivity contribution < 1.29 is 18.4 Å². The molecule has 0 saturated heterocycles. The Balaban J connectivity index is 2.02. The second-order valence-electron chi connectivity index (χ2n) is 7.54. The van der Waals surface area contributed by atoms with Gasteiger partial charge in [-0.05, 0) is 57.2 Å². The number of carbonyl (C=O) groups is 2. The molecule has 1 atom stereocenters. The zero-order valence-corrected chi connectivity index (χ0v) is 16.2. The van der Waals surface area contributed by atoms with Crippen LogP contribution in [0.15, 0.2) is 76.0 Å². The predicted octanol–water partition coefficient (Wildman–Crippen LogP) is 4.17. The van der Waals surface area contributed by atoms with Gasteiger partial charge in [0, 0.05) is 11.1 Å². The molecule has 1 N–H and O–H groups in total. The lowest BCUT2D eigenvalue weighted by atomic mass is 10.0. The minimum absolute atomic E-state index is 0.129. The highest BCUT2D eigenvalue weighted by molar-refractivity contribution is 5.97. The van der Waals surface area contributed by atoms with Gasteiger partial charge in [-0.1, -0.05) is 18.2 Å². The summed E-state index contributed by atoms with van der Waals surface area (Å²) < 4.78 is 11.0. The van der Waals surface area contributed by atoms with Crippen molar-refractivity contribution in [2.75, 3.05) is 0 Å². The summed E-state index contributed by atoms with van der Waals surface area (Å²) >= 11 is 0. The monoisotopic (exact) mass is 380 g/mol. The van der Waals surface area contributed by atoms with E-state index in [0.29, 0.717) is 17.1 Å². The van der Waals surface area contributed by atoms with Crippen LogP contribution in [0.4, 0.5) is 0 Å². The molecule has 28 heavy (non-hydrogen) atoms. The van der Waals surface area contributed by atoms with Crippen LogP contribution in [0.25, 0.3) is 0 Å². The number of rotatable bonds is 6. The van der Waals surface area contributed by atoms with Crippen LogP contribution in [0.1, 0.15) is 48.7 Å². The fourth-order valence-corrected chi connectivity index (χ4v) is 2.91. The minimum Gasteiger partial charge on any atom is -0.467 e. The van der Waals surface area contributed by atoms with Crippen molar-refractivity contribution in [2.24, 2.45) is 0 Å². The first-order chi connectivity index (χ1) is 13.3. The van der Waals surface area contributed by atoms with Crippen LogP contribution in [-0.4, -0.2) is 22.3 Å². The third-order valence-corrected chi connectivity index (χ3v) is 4.06. The summed E-state index contributed by atoms with van der Waals surface area (Å²) in [4.78, 5) is 28.0. The van der Waals surface area contributed by atoms with Gasteiger partial charge in [0.05, 0.1) is 19.1 Å². The molecule has 2 aromatic heterocycles. The lowest BCUT2D eigenvalue weighted by Gasteiger charge is -2.32. The summed E-state index contributed by atoms with van der Waals surface area (Å²) in [5, 5.41) is 2.95. The molecule has 1 unspecified atom stereocenters. The normalized spacial score (nSPS) is 12.4. The van der Waals surface area contributed by atoms with Crippen molar-refractivity contribution in [3.8, 4) is 0 Å². The third-order valence-electron chi connectivity index (χ3n) is 4.06. The Morgan fingerprint density at radius 2 is 1.64 bits per heavy atom. The molecule has 0 fully saturated rings. The molecule has 1 aromatic carbocycles. The van der Waals surface area contributed by atoms with Crippen LogP contribution in [0.5, 0.6) is 0 Å². The zero-order chi connectivity index (χ0) is 20.1. The topological polar surface area (TPSA) is 75.7 Å². The van der Waals surface area contributed by atoms with E-state index in [1.54, 1.807) is 48.5 Å². The van der Waals surface area contributed by atoms with E-state index in [4.69, 9.17) is 8.83 Å². The maximum Gasteiger partial charge on any atom is 0.255 e. The minimum atomic E-state index is -0.938. The second kappa shape index (κ2) is 8.17. The molecule has 0 saturated carbocycles. The number of nitrogens with one attached hydrogen (secondary N) is 1. The van der Waals surface area contributed by atoms with E-state index in [2.05, 4.69) is 5.32 Å². The molecule has 0 aliphatic rings. The first-order valence-electron chi connectivity index (χ1n) is 9.09. The number of benzene rings is 1. The SMILES string of the molecule is CC(C)(C)NC(=O)C(c1ccco1)N(Cc1ccco1)C(=O)c1ccccc1. The van der Waals surface area contributed by atoms with Gasteiger partial charge >= 0.3 is 0 Å². The summed E-state index contributed by atoms with van der Waals surface area (Å²) in [5.41, 5.74) is 0.0165. The molecule has 146 valence electrons. The molecule has 6 heteroatoms. The molecule has 6 nitrogen and oxygen atoms in total. The molecular formula is C22H24N2O4. The largest absolute Gasteiger partial charge is 0.467 e. The molecule has 2 heterocycles. The van der Waals surface area contributed by atoms with Gasteiger partial charge < -0.3 is 19.1 Å². The predicted molar refractivity (Wildman–Crippen MR) is 104 cm³/mol. The highest BCUT2D eigenvalue weighted by Crippen LogP contribution is 2.27. The first kappa shape index (κ1) is 19.5. The van der Waals surface area contributed by atoms with Gasteiger partial charge in [-0.25, -0.2) is 0 Å². The van der Waals surface area contributed by atoms with E-state index >= 15 is 0 Å². The number of hydrogen-bond donors (Lipinski definition) is 1. The van der Waals surface area contributed by atoms with Crippen molar-refractivity contribution >= 4 is 11.8 Å². The molecule has 3 rings (SSSR count). The molecule has 0 aliphatic heterocycles. The van der Waals surface area contributed by atoms with Crippen LogP contribution >= 0.6 is 0 Å². The van der Waals surface area contributed by atoms with Crippen LogP contribution in [0, 0.1) is 0 Å². The maximum atomic E-state index is 13.3. The van der Waals surface area contributed by atoms with E-state index in [9.17, 15) is 9.59 Å². The van der Waals surface area contributed by atoms with Crippen LogP contribution in [0.3, 0.4) is 0 Å². The highest BCUT2D eigenvalue weighted by atomic mass is 16.3. The molecule has 0 radical (unpaired) electrons. The zero-order valence-electron chi connectivity index (χ0n) is 16.2. The number of nitrogens with zero attached hydrogens (tertiary/aromatic N) is 1. The third kappa shape index (κ3) is 4.71. The quantitative estimate of drug-likeness (QED) is 0.696.